The maximum absolute atomic E-state index is 13.7. The highest BCUT2D eigenvalue weighted by atomic mass is 19.1. The topological polar surface area (TPSA) is 68.6 Å². The highest BCUT2D eigenvalue weighted by Gasteiger charge is 2.22. The maximum Gasteiger partial charge on any atom is 0.251 e. The van der Waals surface area contributed by atoms with Crippen LogP contribution >= 0.6 is 0 Å². The van der Waals surface area contributed by atoms with Crippen molar-refractivity contribution in [1.82, 2.24) is 19.8 Å². The van der Waals surface area contributed by atoms with Gasteiger partial charge in [0.2, 0.25) is 0 Å². The van der Waals surface area contributed by atoms with Crippen LogP contribution in [-0.4, -0.2) is 53.8 Å². The van der Waals surface area contributed by atoms with E-state index in [1.807, 2.05) is 6.07 Å². The van der Waals surface area contributed by atoms with Crippen molar-refractivity contribution in [2.24, 2.45) is 5.92 Å². The molecule has 0 saturated carbocycles. The first-order valence-electron chi connectivity index (χ1n) is 11.1. The van der Waals surface area contributed by atoms with Gasteiger partial charge in [-0.2, -0.15) is 0 Å². The largest absolute Gasteiger partial charge is 0.486 e. The van der Waals surface area contributed by atoms with Gasteiger partial charge in [-0.15, -0.1) is 0 Å². The van der Waals surface area contributed by atoms with Crippen molar-refractivity contribution in [2.75, 3.05) is 39.4 Å². The molecule has 32 heavy (non-hydrogen) atoms. The number of nitrogens with one attached hydrogen (secondary N) is 1. The average Bonchev–Trinajstić information content (AvgIpc) is 3.26. The number of halogens is 1. The standard InChI is InChI=1S/C24H27FN4O3/c25-19-3-1-18-2-4-24(30)29(21(18)11-19)8-7-28-6-5-17(16-28)13-26-14-20-12-22-23(15-27-20)32-10-9-31-22/h1-4,11-12,15,17,26H,5-10,13-14,16H2/t17-/m0/s1. The average molecular weight is 439 g/mol. The van der Waals surface area contributed by atoms with Crippen LogP contribution in [0.4, 0.5) is 4.39 Å². The van der Waals surface area contributed by atoms with Crippen LogP contribution in [0.1, 0.15) is 12.1 Å². The molecule has 2 aliphatic rings. The Bertz CT molecular complexity index is 1170. The van der Waals surface area contributed by atoms with Gasteiger partial charge in [-0.1, -0.05) is 0 Å². The van der Waals surface area contributed by atoms with E-state index in [1.54, 1.807) is 29.0 Å². The summed E-state index contributed by atoms with van der Waals surface area (Å²) in [6, 6.07) is 9.83. The third-order valence-electron chi connectivity index (χ3n) is 6.19. The molecule has 0 amide bonds. The van der Waals surface area contributed by atoms with E-state index < -0.39 is 0 Å². The van der Waals surface area contributed by atoms with E-state index in [1.165, 1.54) is 12.1 Å². The van der Waals surface area contributed by atoms with Crippen LogP contribution < -0.4 is 20.3 Å². The smallest absolute Gasteiger partial charge is 0.251 e. The second kappa shape index (κ2) is 9.26. The van der Waals surface area contributed by atoms with Gasteiger partial charge in [-0.25, -0.2) is 4.39 Å². The van der Waals surface area contributed by atoms with E-state index in [0.29, 0.717) is 43.5 Å². The summed E-state index contributed by atoms with van der Waals surface area (Å²) in [5, 5.41) is 4.38. The molecule has 4 heterocycles. The molecule has 3 aromatic rings. The van der Waals surface area contributed by atoms with E-state index in [4.69, 9.17) is 9.47 Å². The van der Waals surface area contributed by atoms with Gasteiger partial charge >= 0.3 is 0 Å². The highest BCUT2D eigenvalue weighted by molar-refractivity contribution is 5.78. The lowest BCUT2D eigenvalue weighted by Gasteiger charge is -2.19. The number of hydrogen-bond donors (Lipinski definition) is 1. The van der Waals surface area contributed by atoms with Crippen LogP contribution in [0.15, 0.2) is 47.4 Å². The van der Waals surface area contributed by atoms with Crippen LogP contribution in [0.5, 0.6) is 11.5 Å². The van der Waals surface area contributed by atoms with Gasteiger partial charge in [-0.3, -0.25) is 9.78 Å². The molecule has 8 heteroatoms. The van der Waals surface area contributed by atoms with Crippen molar-refractivity contribution < 1.29 is 13.9 Å². The number of ether oxygens (including phenoxy) is 2. The predicted octanol–water partition coefficient (Wildman–Crippen LogP) is 2.42. The molecule has 0 aliphatic carbocycles. The molecular weight excluding hydrogens is 411 g/mol. The van der Waals surface area contributed by atoms with Gasteiger partial charge in [0.25, 0.3) is 5.56 Å². The number of rotatable bonds is 7. The van der Waals surface area contributed by atoms with Crippen molar-refractivity contribution in [1.29, 1.82) is 0 Å². The normalized spacial score (nSPS) is 18.3. The third kappa shape index (κ3) is 4.61. The molecule has 1 atom stereocenters. The fourth-order valence-electron chi connectivity index (χ4n) is 4.51. The van der Waals surface area contributed by atoms with Crippen LogP contribution in [0.25, 0.3) is 10.9 Å². The van der Waals surface area contributed by atoms with Gasteiger partial charge < -0.3 is 24.3 Å². The molecule has 0 radical (unpaired) electrons. The fourth-order valence-corrected chi connectivity index (χ4v) is 4.51. The summed E-state index contributed by atoms with van der Waals surface area (Å²) in [5.74, 6) is 1.70. The van der Waals surface area contributed by atoms with Gasteiger partial charge in [0.15, 0.2) is 11.5 Å². The minimum Gasteiger partial charge on any atom is -0.486 e. The van der Waals surface area contributed by atoms with Crippen LogP contribution in [-0.2, 0) is 13.1 Å². The van der Waals surface area contributed by atoms with E-state index in [2.05, 4.69) is 15.2 Å². The third-order valence-corrected chi connectivity index (χ3v) is 6.19. The fraction of sp³-hybridized carbons (Fsp3) is 0.417. The second-order valence-corrected chi connectivity index (χ2v) is 8.43. The molecule has 7 nitrogen and oxygen atoms in total. The Hall–Kier alpha value is -2.97. The molecular formula is C24H27FN4O3. The quantitative estimate of drug-likeness (QED) is 0.611. The zero-order valence-corrected chi connectivity index (χ0v) is 17.9. The Morgan fingerprint density at radius 1 is 1.09 bits per heavy atom. The number of benzene rings is 1. The summed E-state index contributed by atoms with van der Waals surface area (Å²) < 4.78 is 26.5. The summed E-state index contributed by atoms with van der Waals surface area (Å²) in [5.41, 5.74) is 1.50. The minimum atomic E-state index is -0.323. The second-order valence-electron chi connectivity index (χ2n) is 8.43. The molecule has 1 fully saturated rings. The van der Waals surface area contributed by atoms with Gasteiger partial charge in [0.05, 0.1) is 17.4 Å². The summed E-state index contributed by atoms with van der Waals surface area (Å²) in [4.78, 5) is 19.2. The molecule has 168 valence electrons. The summed E-state index contributed by atoms with van der Waals surface area (Å²) in [7, 11) is 0. The molecule has 0 unspecified atom stereocenters. The first kappa shape index (κ1) is 20.9. The first-order valence-corrected chi connectivity index (χ1v) is 11.1. The van der Waals surface area contributed by atoms with Crippen molar-refractivity contribution in [3.8, 4) is 11.5 Å². The number of aromatic nitrogens is 2. The molecule has 1 N–H and O–H groups in total. The number of nitrogens with zero attached hydrogens (tertiary/aromatic N) is 3. The van der Waals surface area contributed by atoms with E-state index in [-0.39, 0.29) is 11.4 Å². The number of fused-ring (bicyclic) bond motifs is 2. The molecule has 1 aromatic carbocycles. The van der Waals surface area contributed by atoms with E-state index in [0.717, 1.165) is 49.4 Å². The van der Waals surface area contributed by atoms with E-state index in [9.17, 15) is 9.18 Å². The highest BCUT2D eigenvalue weighted by Crippen LogP contribution is 2.29. The lowest BCUT2D eigenvalue weighted by Crippen LogP contribution is -2.31. The molecule has 5 rings (SSSR count). The minimum absolute atomic E-state index is 0.0903. The Morgan fingerprint density at radius 3 is 2.84 bits per heavy atom. The van der Waals surface area contributed by atoms with Crippen molar-refractivity contribution in [3.63, 3.8) is 0 Å². The summed E-state index contributed by atoms with van der Waals surface area (Å²) >= 11 is 0. The molecule has 2 aliphatic heterocycles. The number of pyridine rings is 2. The zero-order valence-electron chi connectivity index (χ0n) is 17.9. The number of hydrogen-bond acceptors (Lipinski definition) is 6. The lowest BCUT2D eigenvalue weighted by molar-refractivity contribution is 0.170. The zero-order chi connectivity index (χ0) is 21.9. The predicted molar refractivity (Wildman–Crippen MR) is 120 cm³/mol. The van der Waals surface area contributed by atoms with Gasteiger partial charge in [0.1, 0.15) is 19.0 Å². The summed E-state index contributed by atoms with van der Waals surface area (Å²) in [6.45, 7) is 6.04. The first-order chi connectivity index (χ1) is 15.7. The van der Waals surface area contributed by atoms with Crippen LogP contribution in [0.3, 0.4) is 0 Å². The Balaban J connectivity index is 1.12. The summed E-state index contributed by atoms with van der Waals surface area (Å²) in [6.07, 6.45) is 2.84. The van der Waals surface area contributed by atoms with Gasteiger partial charge in [0, 0.05) is 38.3 Å². The van der Waals surface area contributed by atoms with Gasteiger partial charge in [-0.05, 0) is 55.1 Å². The van der Waals surface area contributed by atoms with Crippen LogP contribution in [0, 0.1) is 11.7 Å². The number of likely N-dealkylation sites (tertiary alicyclic amines) is 1. The molecule has 2 aromatic heterocycles. The Morgan fingerprint density at radius 2 is 1.94 bits per heavy atom. The van der Waals surface area contributed by atoms with Crippen molar-refractivity contribution in [3.05, 3.63) is 64.5 Å². The van der Waals surface area contributed by atoms with Crippen molar-refractivity contribution >= 4 is 10.9 Å². The monoisotopic (exact) mass is 438 g/mol. The molecule has 0 bridgehead atoms. The maximum atomic E-state index is 13.7. The molecule has 0 spiro atoms. The van der Waals surface area contributed by atoms with E-state index >= 15 is 0 Å². The Labute approximate surface area is 185 Å². The lowest BCUT2D eigenvalue weighted by atomic mass is 10.1. The van der Waals surface area contributed by atoms with Crippen molar-refractivity contribution in [2.45, 2.75) is 19.5 Å². The molecule has 1 saturated heterocycles. The van der Waals surface area contributed by atoms with Crippen LogP contribution in [0.2, 0.25) is 0 Å². The SMILES string of the molecule is O=c1ccc2ccc(F)cc2n1CCN1CC[C@@H](CNCc2cc3c(cn2)OCCO3)C1. The Kier molecular flexibility index (Phi) is 6.05.